The molecule has 0 aromatic carbocycles. The molecule has 0 amide bonds. The molecule has 0 aliphatic carbocycles. The van der Waals surface area contributed by atoms with E-state index in [0.717, 1.165) is 17.6 Å². The van der Waals surface area contributed by atoms with Gasteiger partial charge >= 0.3 is 101 Å². The van der Waals surface area contributed by atoms with Gasteiger partial charge in [0.2, 0.25) is 0 Å². The van der Waals surface area contributed by atoms with Crippen LogP contribution in [0.4, 0.5) is 0 Å². The van der Waals surface area contributed by atoms with Gasteiger partial charge in [-0.3, -0.25) is 0 Å². The van der Waals surface area contributed by atoms with Gasteiger partial charge in [0.1, 0.15) is 0 Å². The molecule has 0 spiro atoms. The molecular weight excluding hydrogens is 354 g/mol. The van der Waals surface area contributed by atoms with Crippen molar-refractivity contribution in [3.05, 3.63) is 9.67 Å². The molecule has 0 atom stereocenters. The number of halogens is 2. The van der Waals surface area contributed by atoms with E-state index in [9.17, 15) is 0 Å². The fraction of sp³-hybridized carbons (Fsp3) is 0.800. The van der Waals surface area contributed by atoms with Crippen LogP contribution in [0.5, 0.6) is 0 Å². The van der Waals surface area contributed by atoms with Crippen LogP contribution in [-0.2, 0) is 0 Å². The van der Waals surface area contributed by atoms with Crippen LogP contribution in [0.1, 0.15) is 19.3 Å². The minimum atomic E-state index is -1.77. The van der Waals surface area contributed by atoms with Crippen molar-refractivity contribution in [1.29, 1.82) is 0 Å². The average molecular weight is 374 g/mol. The number of rotatable bonds is 6. The van der Waals surface area contributed by atoms with Crippen LogP contribution in [0, 0.1) is 0 Å². The molecule has 3 heteroatoms. The number of unbranched alkanes of at least 4 members (excludes halogenated alkanes) is 1. The summed E-state index contributed by atoms with van der Waals surface area (Å²) < 4.78 is 1.75. The standard InChI is InChI=1S/C7H11BrCl.3CH3.Sn/c8-6-4-2-1-3-5-7-9;;;;/h4H,1,3,5-7H2;3*1H3;. The van der Waals surface area contributed by atoms with Crippen LogP contribution in [0.2, 0.25) is 14.8 Å². The molecule has 0 radical (unpaired) electrons. The van der Waals surface area contributed by atoms with E-state index < -0.39 is 18.4 Å². The van der Waals surface area contributed by atoms with Crippen molar-refractivity contribution < 1.29 is 0 Å². The first-order chi connectivity index (χ1) is 6.02. The second-order valence-electron chi connectivity index (χ2n) is 4.28. The number of allylic oxidation sites excluding steroid dienone is 2. The molecule has 0 nitrogen and oxygen atoms in total. The third kappa shape index (κ3) is 7.26. The average Bonchev–Trinajstić information content (AvgIpc) is 2.01. The molecule has 0 fully saturated rings. The van der Waals surface area contributed by atoms with Gasteiger partial charge < -0.3 is 0 Å². The SMILES string of the molecule is [CH3][Sn]([CH3])([CH3])/[C](=C\CBr)CCCCCl. The second kappa shape index (κ2) is 7.58. The van der Waals surface area contributed by atoms with Crippen molar-refractivity contribution in [1.82, 2.24) is 0 Å². The van der Waals surface area contributed by atoms with Crippen LogP contribution in [0.3, 0.4) is 0 Å². The van der Waals surface area contributed by atoms with Gasteiger partial charge in [-0.1, -0.05) is 0 Å². The Balaban J connectivity index is 4.05. The second-order valence-corrected chi connectivity index (χ2v) is 20.0. The fourth-order valence-electron chi connectivity index (χ4n) is 1.29. The maximum absolute atomic E-state index is 5.66. The van der Waals surface area contributed by atoms with E-state index in [4.69, 9.17) is 11.6 Å². The van der Waals surface area contributed by atoms with Crippen LogP contribution < -0.4 is 0 Å². The normalized spacial score (nSPS) is 13.5. The molecule has 0 aliphatic rings. The predicted octanol–water partition coefficient (Wildman–Crippen LogP) is 4.59. The molecular formula is C10H20BrClSn. The summed E-state index contributed by atoms with van der Waals surface area (Å²) >= 11 is 7.37. The van der Waals surface area contributed by atoms with Gasteiger partial charge in [0.15, 0.2) is 0 Å². The van der Waals surface area contributed by atoms with E-state index in [2.05, 4.69) is 36.8 Å². The summed E-state index contributed by atoms with van der Waals surface area (Å²) in [6.07, 6.45) is 6.07. The van der Waals surface area contributed by atoms with Gasteiger partial charge in [0.05, 0.1) is 0 Å². The number of alkyl halides is 2. The molecule has 78 valence electrons. The van der Waals surface area contributed by atoms with E-state index in [1.165, 1.54) is 12.8 Å². The summed E-state index contributed by atoms with van der Waals surface area (Å²) in [4.78, 5) is 7.43. The van der Waals surface area contributed by atoms with Gasteiger partial charge in [0.25, 0.3) is 0 Å². The summed E-state index contributed by atoms with van der Waals surface area (Å²) in [7, 11) is 0. The summed E-state index contributed by atoms with van der Waals surface area (Å²) in [5.74, 6) is 0.807. The zero-order valence-corrected chi connectivity index (χ0v) is 14.1. The van der Waals surface area contributed by atoms with Crippen molar-refractivity contribution in [2.75, 3.05) is 11.2 Å². The summed E-state index contributed by atoms with van der Waals surface area (Å²) in [6.45, 7) is 0. The fourth-order valence-corrected chi connectivity index (χ4v) is 7.40. The van der Waals surface area contributed by atoms with Gasteiger partial charge in [-0.15, -0.1) is 0 Å². The Kier molecular flexibility index (Phi) is 8.34. The van der Waals surface area contributed by atoms with Crippen LogP contribution in [0.25, 0.3) is 0 Å². The van der Waals surface area contributed by atoms with Crippen LogP contribution >= 0.6 is 27.5 Å². The van der Waals surface area contributed by atoms with Crippen LogP contribution in [0.15, 0.2) is 9.67 Å². The Bertz CT molecular complexity index is 161. The number of hydrogen-bond donors (Lipinski definition) is 0. The van der Waals surface area contributed by atoms with E-state index in [1.807, 2.05) is 0 Å². The Labute approximate surface area is 100 Å². The number of hydrogen-bond acceptors (Lipinski definition) is 0. The Morgan fingerprint density at radius 2 is 1.92 bits per heavy atom. The van der Waals surface area contributed by atoms with Crippen molar-refractivity contribution in [2.24, 2.45) is 0 Å². The summed E-state index contributed by atoms with van der Waals surface area (Å²) in [5.41, 5.74) is 0. The van der Waals surface area contributed by atoms with E-state index in [-0.39, 0.29) is 0 Å². The molecule has 0 saturated carbocycles. The topological polar surface area (TPSA) is 0 Å². The zero-order chi connectivity index (χ0) is 10.3. The predicted molar refractivity (Wildman–Crippen MR) is 69.8 cm³/mol. The minimum absolute atomic E-state index is 0.807. The first-order valence-corrected chi connectivity index (χ1v) is 16.5. The summed E-state index contributed by atoms with van der Waals surface area (Å²) in [6, 6.07) is 0. The molecule has 0 bridgehead atoms. The van der Waals surface area contributed by atoms with Crippen molar-refractivity contribution >= 4 is 45.9 Å². The first kappa shape index (κ1) is 14.3. The van der Waals surface area contributed by atoms with Gasteiger partial charge in [-0.05, 0) is 0 Å². The van der Waals surface area contributed by atoms with E-state index in [1.54, 1.807) is 3.59 Å². The Morgan fingerprint density at radius 3 is 2.31 bits per heavy atom. The molecule has 13 heavy (non-hydrogen) atoms. The molecule has 0 aromatic rings. The van der Waals surface area contributed by atoms with Gasteiger partial charge in [-0.2, -0.15) is 0 Å². The third-order valence-corrected chi connectivity index (χ3v) is 9.50. The van der Waals surface area contributed by atoms with Crippen molar-refractivity contribution in [2.45, 2.75) is 34.1 Å². The third-order valence-electron chi connectivity index (χ3n) is 2.12. The first-order valence-electron chi connectivity index (χ1n) is 4.83. The monoisotopic (exact) mass is 374 g/mol. The quantitative estimate of drug-likeness (QED) is 0.362. The maximum atomic E-state index is 5.66. The molecule has 0 heterocycles. The van der Waals surface area contributed by atoms with Gasteiger partial charge in [-0.25, -0.2) is 0 Å². The zero-order valence-electron chi connectivity index (χ0n) is 8.87. The molecule has 0 unspecified atom stereocenters. The molecule has 0 N–H and O–H groups in total. The Morgan fingerprint density at radius 1 is 1.31 bits per heavy atom. The Hall–Kier alpha value is 1.31. The van der Waals surface area contributed by atoms with Crippen LogP contribution in [-0.4, -0.2) is 29.6 Å². The van der Waals surface area contributed by atoms with E-state index >= 15 is 0 Å². The molecule has 0 aliphatic heterocycles. The van der Waals surface area contributed by atoms with Crippen molar-refractivity contribution in [3.63, 3.8) is 0 Å². The van der Waals surface area contributed by atoms with Gasteiger partial charge in [0, 0.05) is 0 Å². The molecule has 0 rings (SSSR count). The summed E-state index contributed by atoms with van der Waals surface area (Å²) in [5, 5.41) is 1.01. The molecule has 0 aromatic heterocycles. The van der Waals surface area contributed by atoms with E-state index in [0.29, 0.717) is 0 Å². The van der Waals surface area contributed by atoms with Crippen molar-refractivity contribution in [3.8, 4) is 0 Å². The molecule has 0 saturated heterocycles.